The van der Waals surface area contributed by atoms with Gasteiger partial charge in [0.1, 0.15) is 8.07 Å². The zero-order valence-corrected chi connectivity index (χ0v) is 14.3. The van der Waals surface area contributed by atoms with Crippen LogP contribution in [0, 0.1) is 11.5 Å². The van der Waals surface area contributed by atoms with Gasteiger partial charge in [0.2, 0.25) is 0 Å². The maximum atomic E-state index is 3.50. The van der Waals surface area contributed by atoms with Crippen molar-refractivity contribution in [3.05, 3.63) is 42.5 Å². The molecule has 1 atom stereocenters. The van der Waals surface area contributed by atoms with Crippen LogP contribution in [0.5, 0.6) is 0 Å². The Balaban J connectivity index is 2.74. The Hall–Kier alpha value is -0.913. The molecule has 0 fully saturated rings. The molecule has 1 aromatic carbocycles. The number of benzene rings is 1. The predicted octanol–water partition coefficient (Wildman–Crippen LogP) is 5.38. The van der Waals surface area contributed by atoms with Crippen molar-refractivity contribution in [1.29, 1.82) is 0 Å². The van der Waals surface area contributed by atoms with E-state index in [1.807, 2.05) is 11.8 Å². The maximum Gasteiger partial charge on any atom is 0.129 e. The molecular formula is C17H24SSi. The molecule has 0 aliphatic carbocycles. The summed E-state index contributed by atoms with van der Waals surface area (Å²) in [5.74, 6) is 3.49. The van der Waals surface area contributed by atoms with Gasteiger partial charge in [0.05, 0.1) is 5.25 Å². The van der Waals surface area contributed by atoms with Crippen molar-refractivity contribution in [2.24, 2.45) is 0 Å². The van der Waals surface area contributed by atoms with Crippen molar-refractivity contribution in [1.82, 2.24) is 0 Å². The highest BCUT2D eigenvalue weighted by Gasteiger charge is 2.10. The third-order valence-corrected chi connectivity index (χ3v) is 4.42. The molecule has 1 aromatic rings. The molecule has 0 bridgehead atoms. The molecule has 1 rings (SSSR count). The first kappa shape index (κ1) is 16.1. The van der Waals surface area contributed by atoms with Crippen LogP contribution in [-0.2, 0) is 0 Å². The van der Waals surface area contributed by atoms with Crippen LogP contribution in [0.25, 0.3) is 0 Å². The first-order chi connectivity index (χ1) is 9.01. The highest BCUT2D eigenvalue weighted by atomic mass is 32.2. The summed E-state index contributed by atoms with van der Waals surface area (Å²) in [7, 11) is -1.28. The van der Waals surface area contributed by atoms with Crippen molar-refractivity contribution in [2.45, 2.75) is 49.6 Å². The summed E-state index contributed by atoms with van der Waals surface area (Å²) < 4.78 is 0. The highest BCUT2D eigenvalue weighted by molar-refractivity contribution is 8.00. The number of allylic oxidation sites excluding steroid dienone is 2. The van der Waals surface area contributed by atoms with Gasteiger partial charge >= 0.3 is 0 Å². The first-order valence-electron chi connectivity index (χ1n) is 6.90. The van der Waals surface area contributed by atoms with E-state index in [9.17, 15) is 0 Å². The van der Waals surface area contributed by atoms with Crippen LogP contribution < -0.4 is 0 Å². The fraction of sp³-hybridized carbons (Fsp3) is 0.412. The first-order valence-corrected chi connectivity index (χ1v) is 11.3. The van der Waals surface area contributed by atoms with Gasteiger partial charge in [-0.3, -0.25) is 0 Å². The van der Waals surface area contributed by atoms with E-state index < -0.39 is 8.07 Å². The molecule has 0 heterocycles. The minimum Gasteiger partial charge on any atom is -0.131 e. The second kappa shape index (κ2) is 8.30. The standard InChI is InChI=1S/C17H24SSi/c1-5-6-8-11-17(14-15-19(2,3)4)18-16-12-9-7-10-13-16/h6-10,12-13,17H,5,11H2,1-4H3/b8-6-. The lowest BCUT2D eigenvalue weighted by Crippen LogP contribution is -2.17. The molecule has 0 N–H and O–H groups in total. The summed E-state index contributed by atoms with van der Waals surface area (Å²) in [6, 6.07) is 10.6. The Bertz CT molecular complexity index is 446. The monoisotopic (exact) mass is 288 g/mol. The molecule has 0 spiro atoms. The summed E-state index contributed by atoms with van der Waals surface area (Å²) in [6.45, 7) is 9.06. The van der Waals surface area contributed by atoms with Crippen LogP contribution in [0.4, 0.5) is 0 Å². The fourth-order valence-electron chi connectivity index (χ4n) is 1.48. The SMILES string of the molecule is CC/C=C\CC(C#C[Si](C)(C)C)Sc1ccccc1. The number of rotatable bonds is 5. The van der Waals surface area contributed by atoms with Gasteiger partial charge in [-0.1, -0.05) is 62.8 Å². The van der Waals surface area contributed by atoms with Crippen LogP contribution in [0.1, 0.15) is 19.8 Å². The molecule has 0 saturated carbocycles. The van der Waals surface area contributed by atoms with Gasteiger partial charge in [0, 0.05) is 4.90 Å². The third-order valence-electron chi connectivity index (χ3n) is 2.38. The lowest BCUT2D eigenvalue weighted by atomic mass is 10.3. The largest absolute Gasteiger partial charge is 0.131 e. The minimum atomic E-state index is -1.28. The molecule has 0 saturated heterocycles. The van der Waals surface area contributed by atoms with E-state index in [1.165, 1.54) is 4.90 Å². The summed E-state index contributed by atoms with van der Waals surface area (Å²) in [4.78, 5) is 1.31. The van der Waals surface area contributed by atoms with Gasteiger partial charge in [0.25, 0.3) is 0 Å². The van der Waals surface area contributed by atoms with E-state index in [1.54, 1.807) is 0 Å². The van der Waals surface area contributed by atoms with Crippen LogP contribution in [0.15, 0.2) is 47.4 Å². The highest BCUT2D eigenvalue weighted by Crippen LogP contribution is 2.25. The molecule has 1 unspecified atom stereocenters. The Morgan fingerprint density at radius 2 is 1.84 bits per heavy atom. The average Bonchev–Trinajstić information content (AvgIpc) is 2.36. The topological polar surface area (TPSA) is 0 Å². The quantitative estimate of drug-likeness (QED) is 0.303. The number of thioether (sulfide) groups is 1. The van der Waals surface area contributed by atoms with Crippen LogP contribution in [0.3, 0.4) is 0 Å². The van der Waals surface area contributed by atoms with E-state index in [4.69, 9.17) is 0 Å². The van der Waals surface area contributed by atoms with Crippen molar-refractivity contribution in [3.8, 4) is 11.5 Å². The maximum absolute atomic E-state index is 3.50. The molecule has 2 heteroatoms. The van der Waals surface area contributed by atoms with Crippen LogP contribution in [0.2, 0.25) is 19.6 Å². The van der Waals surface area contributed by atoms with Gasteiger partial charge in [-0.2, -0.15) is 0 Å². The second-order valence-electron chi connectivity index (χ2n) is 5.55. The smallest absolute Gasteiger partial charge is 0.129 e. The average molecular weight is 289 g/mol. The minimum absolute atomic E-state index is 0.372. The summed E-state index contributed by atoms with van der Waals surface area (Å²) in [6.07, 6.45) is 6.63. The van der Waals surface area contributed by atoms with E-state index >= 15 is 0 Å². The zero-order chi connectivity index (χ0) is 14.1. The molecule has 0 aliphatic rings. The molecule has 0 aliphatic heterocycles. The summed E-state index contributed by atoms with van der Waals surface area (Å²) in [5, 5.41) is 0.372. The Morgan fingerprint density at radius 3 is 2.42 bits per heavy atom. The lowest BCUT2D eigenvalue weighted by Gasteiger charge is -2.10. The van der Waals surface area contributed by atoms with Gasteiger partial charge in [-0.25, -0.2) is 0 Å². The Kier molecular flexibility index (Phi) is 7.05. The van der Waals surface area contributed by atoms with Crippen molar-refractivity contribution < 1.29 is 0 Å². The van der Waals surface area contributed by atoms with Crippen molar-refractivity contribution in [3.63, 3.8) is 0 Å². The second-order valence-corrected chi connectivity index (χ2v) is 11.6. The van der Waals surface area contributed by atoms with Crippen LogP contribution >= 0.6 is 11.8 Å². The van der Waals surface area contributed by atoms with Crippen molar-refractivity contribution >= 4 is 19.8 Å². The Labute approximate surface area is 123 Å². The molecule has 0 amide bonds. The molecule has 19 heavy (non-hydrogen) atoms. The Morgan fingerprint density at radius 1 is 1.16 bits per heavy atom. The third kappa shape index (κ3) is 7.97. The van der Waals surface area contributed by atoms with Crippen molar-refractivity contribution in [2.75, 3.05) is 0 Å². The van der Waals surface area contributed by atoms with Crippen LogP contribution in [-0.4, -0.2) is 13.3 Å². The number of hydrogen-bond acceptors (Lipinski definition) is 1. The summed E-state index contributed by atoms with van der Waals surface area (Å²) >= 11 is 1.88. The lowest BCUT2D eigenvalue weighted by molar-refractivity contribution is 1.08. The molecular weight excluding hydrogens is 264 g/mol. The van der Waals surface area contributed by atoms with E-state index in [0.717, 1.165) is 12.8 Å². The molecule has 102 valence electrons. The van der Waals surface area contributed by atoms with Gasteiger partial charge in [-0.15, -0.1) is 17.3 Å². The van der Waals surface area contributed by atoms with Gasteiger partial charge in [0.15, 0.2) is 0 Å². The summed E-state index contributed by atoms with van der Waals surface area (Å²) in [5.41, 5.74) is 3.50. The van der Waals surface area contributed by atoms with E-state index in [-0.39, 0.29) is 0 Å². The van der Waals surface area contributed by atoms with E-state index in [2.05, 4.69) is 80.5 Å². The molecule has 0 radical (unpaired) electrons. The normalized spacial score (nSPS) is 13.1. The molecule has 0 nitrogen and oxygen atoms in total. The zero-order valence-electron chi connectivity index (χ0n) is 12.4. The van der Waals surface area contributed by atoms with Gasteiger partial charge < -0.3 is 0 Å². The predicted molar refractivity (Wildman–Crippen MR) is 91.3 cm³/mol. The van der Waals surface area contributed by atoms with Gasteiger partial charge in [-0.05, 0) is 25.0 Å². The fourth-order valence-corrected chi connectivity index (χ4v) is 3.16. The van der Waals surface area contributed by atoms with E-state index in [0.29, 0.717) is 5.25 Å². The number of hydrogen-bond donors (Lipinski definition) is 0. The molecule has 0 aromatic heterocycles.